The number of rotatable bonds is 6. The largest absolute Gasteiger partial charge is 0.343 e. The van der Waals surface area contributed by atoms with Crippen LogP contribution in [-0.2, 0) is 7.05 Å². The van der Waals surface area contributed by atoms with Crippen molar-refractivity contribution >= 4 is 43.6 Å². The molecule has 1 atom stereocenters. The smallest absolute Gasteiger partial charge is 0.197 e. The number of hydrogen-bond donors (Lipinski definition) is 0. The van der Waals surface area contributed by atoms with Crippen molar-refractivity contribution in [2.75, 3.05) is 0 Å². The summed E-state index contributed by atoms with van der Waals surface area (Å²) in [7, 11) is 1.97. The lowest BCUT2D eigenvalue weighted by Crippen LogP contribution is -2.17. The fourth-order valence-electron chi connectivity index (χ4n) is 5.34. The SMILES string of the molecule is CCCCCC(CC)n1c2ccccc2c(=O)c2cc3c(cc21)c(=O)c1ccccc1n3C. The Bertz CT molecular complexity index is 1620. The van der Waals surface area contributed by atoms with Crippen molar-refractivity contribution in [3.05, 3.63) is 81.1 Å². The molecular formula is C29H30N2O2. The van der Waals surface area contributed by atoms with E-state index in [-0.39, 0.29) is 16.9 Å². The highest BCUT2D eigenvalue weighted by atomic mass is 16.1. The number of benzene rings is 3. The van der Waals surface area contributed by atoms with Crippen molar-refractivity contribution in [3.8, 4) is 0 Å². The molecule has 0 aliphatic heterocycles. The quantitative estimate of drug-likeness (QED) is 0.219. The molecule has 0 bridgehead atoms. The molecular weight excluding hydrogens is 408 g/mol. The third-order valence-corrected chi connectivity index (χ3v) is 7.12. The van der Waals surface area contributed by atoms with Gasteiger partial charge < -0.3 is 9.13 Å². The van der Waals surface area contributed by atoms with Gasteiger partial charge in [0.25, 0.3) is 0 Å². The van der Waals surface area contributed by atoms with E-state index in [0.717, 1.165) is 46.7 Å². The number of hydrogen-bond acceptors (Lipinski definition) is 2. The summed E-state index contributed by atoms with van der Waals surface area (Å²) in [6, 6.07) is 19.8. The molecule has 2 heterocycles. The number of aromatic nitrogens is 2. The molecule has 1 unspecified atom stereocenters. The third-order valence-electron chi connectivity index (χ3n) is 7.12. The summed E-state index contributed by atoms with van der Waals surface area (Å²) in [5, 5.41) is 2.79. The first-order valence-electron chi connectivity index (χ1n) is 12.0. The average Bonchev–Trinajstić information content (AvgIpc) is 2.85. The number of pyridine rings is 2. The minimum absolute atomic E-state index is 0.0202. The molecule has 33 heavy (non-hydrogen) atoms. The molecule has 0 spiro atoms. The van der Waals surface area contributed by atoms with Crippen molar-refractivity contribution in [2.45, 2.75) is 52.0 Å². The van der Waals surface area contributed by atoms with Gasteiger partial charge in [0.15, 0.2) is 10.9 Å². The molecule has 3 aromatic carbocycles. The lowest BCUT2D eigenvalue weighted by Gasteiger charge is -2.25. The minimum Gasteiger partial charge on any atom is -0.343 e. The number of nitrogens with zero attached hydrogens (tertiary/aromatic N) is 2. The Morgan fingerprint density at radius 2 is 1.27 bits per heavy atom. The van der Waals surface area contributed by atoms with E-state index in [9.17, 15) is 9.59 Å². The Morgan fingerprint density at radius 3 is 1.94 bits per heavy atom. The maximum atomic E-state index is 13.6. The van der Waals surface area contributed by atoms with Gasteiger partial charge in [-0.2, -0.15) is 0 Å². The van der Waals surface area contributed by atoms with Gasteiger partial charge in [0.1, 0.15) is 0 Å². The fourth-order valence-corrected chi connectivity index (χ4v) is 5.34. The van der Waals surface area contributed by atoms with Gasteiger partial charge in [0.2, 0.25) is 0 Å². The van der Waals surface area contributed by atoms with Gasteiger partial charge in [0.05, 0.1) is 22.1 Å². The predicted octanol–water partition coefficient (Wildman–Crippen LogP) is 6.69. The maximum Gasteiger partial charge on any atom is 0.197 e. The van der Waals surface area contributed by atoms with Gasteiger partial charge in [-0.05, 0) is 49.2 Å². The van der Waals surface area contributed by atoms with Crippen LogP contribution in [0.25, 0.3) is 43.6 Å². The van der Waals surface area contributed by atoms with E-state index >= 15 is 0 Å². The van der Waals surface area contributed by atoms with Gasteiger partial charge >= 0.3 is 0 Å². The van der Waals surface area contributed by atoms with Crippen molar-refractivity contribution in [3.63, 3.8) is 0 Å². The predicted molar refractivity (Wildman–Crippen MR) is 139 cm³/mol. The molecule has 168 valence electrons. The summed E-state index contributed by atoms with van der Waals surface area (Å²) in [6.45, 7) is 4.43. The van der Waals surface area contributed by atoms with Gasteiger partial charge in [-0.15, -0.1) is 0 Å². The monoisotopic (exact) mass is 438 g/mol. The molecule has 4 nitrogen and oxygen atoms in total. The zero-order chi connectivity index (χ0) is 23.1. The van der Waals surface area contributed by atoms with Crippen molar-refractivity contribution in [2.24, 2.45) is 7.05 Å². The zero-order valence-electron chi connectivity index (χ0n) is 19.6. The van der Waals surface area contributed by atoms with Crippen molar-refractivity contribution < 1.29 is 0 Å². The first kappa shape index (κ1) is 21.4. The Labute approximate surface area is 193 Å². The summed E-state index contributed by atoms with van der Waals surface area (Å²) in [5.74, 6) is 0. The van der Waals surface area contributed by atoms with Crippen LogP contribution in [0.4, 0.5) is 0 Å². The van der Waals surface area contributed by atoms with Crippen LogP contribution in [0.3, 0.4) is 0 Å². The number of para-hydroxylation sites is 2. The van der Waals surface area contributed by atoms with Crippen LogP contribution in [0.2, 0.25) is 0 Å². The average molecular weight is 439 g/mol. The van der Waals surface area contributed by atoms with E-state index < -0.39 is 0 Å². The summed E-state index contributed by atoms with van der Waals surface area (Å²) in [6.07, 6.45) is 5.55. The molecule has 0 aliphatic carbocycles. The van der Waals surface area contributed by atoms with Gasteiger partial charge in [-0.3, -0.25) is 9.59 Å². The number of fused-ring (bicyclic) bond motifs is 4. The second-order valence-electron chi connectivity index (χ2n) is 9.07. The molecule has 5 rings (SSSR count). The van der Waals surface area contributed by atoms with E-state index in [1.165, 1.54) is 12.8 Å². The molecule has 0 saturated carbocycles. The second-order valence-corrected chi connectivity index (χ2v) is 9.07. The van der Waals surface area contributed by atoms with Crippen LogP contribution in [0.1, 0.15) is 52.0 Å². The highest BCUT2D eigenvalue weighted by Gasteiger charge is 2.19. The van der Waals surface area contributed by atoms with E-state index in [4.69, 9.17) is 0 Å². The maximum absolute atomic E-state index is 13.6. The Kier molecular flexibility index (Phi) is 5.53. The van der Waals surface area contributed by atoms with Crippen LogP contribution in [0, 0.1) is 0 Å². The summed E-state index contributed by atoms with van der Waals surface area (Å²) in [5.41, 5.74) is 3.54. The molecule has 0 aliphatic rings. The molecule has 2 aromatic heterocycles. The second kappa shape index (κ2) is 8.51. The molecule has 0 fully saturated rings. The standard InChI is InChI=1S/C29H30N2O2/c1-4-6-7-12-19(5-2)31-25-16-11-9-14-21(25)29(33)23-17-26-22(18-27(23)31)28(32)20-13-8-10-15-24(20)30(26)3/h8-11,13-19H,4-7,12H2,1-3H3. The number of aryl methyl sites for hydroxylation is 1. The van der Waals surface area contributed by atoms with Crippen LogP contribution >= 0.6 is 0 Å². The molecule has 0 saturated heterocycles. The third kappa shape index (κ3) is 3.36. The van der Waals surface area contributed by atoms with Crippen LogP contribution < -0.4 is 10.9 Å². The summed E-state index contributed by atoms with van der Waals surface area (Å²) in [4.78, 5) is 27.1. The van der Waals surface area contributed by atoms with Crippen LogP contribution in [-0.4, -0.2) is 9.13 Å². The van der Waals surface area contributed by atoms with Crippen LogP contribution in [0.5, 0.6) is 0 Å². The Morgan fingerprint density at radius 1 is 0.697 bits per heavy atom. The topological polar surface area (TPSA) is 44.0 Å². The normalized spacial score (nSPS) is 12.8. The van der Waals surface area contributed by atoms with Gasteiger partial charge in [0, 0.05) is 34.6 Å². The van der Waals surface area contributed by atoms with Crippen LogP contribution in [0.15, 0.2) is 70.3 Å². The number of unbranched alkanes of at least 4 members (excludes halogenated alkanes) is 2. The van der Waals surface area contributed by atoms with E-state index in [2.05, 4.69) is 18.4 Å². The van der Waals surface area contributed by atoms with E-state index in [1.807, 2.05) is 72.3 Å². The highest BCUT2D eigenvalue weighted by Crippen LogP contribution is 2.31. The van der Waals surface area contributed by atoms with Crippen molar-refractivity contribution in [1.82, 2.24) is 9.13 Å². The van der Waals surface area contributed by atoms with Gasteiger partial charge in [-0.1, -0.05) is 57.4 Å². The molecule has 5 aromatic rings. The first-order chi connectivity index (χ1) is 16.1. The Hall–Kier alpha value is -3.40. The van der Waals surface area contributed by atoms with E-state index in [0.29, 0.717) is 16.2 Å². The highest BCUT2D eigenvalue weighted by molar-refractivity contribution is 6.03. The van der Waals surface area contributed by atoms with E-state index in [1.54, 1.807) is 0 Å². The fraction of sp³-hybridized carbons (Fsp3) is 0.310. The molecule has 4 heteroatoms. The van der Waals surface area contributed by atoms with Gasteiger partial charge in [-0.25, -0.2) is 0 Å². The minimum atomic E-state index is 0.0202. The van der Waals surface area contributed by atoms with Crippen molar-refractivity contribution in [1.29, 1.82) is 0 Å². The lowest BCUT2D eigenvalue weighted by atomic mass is 10.0. The zero-order valence-corrected chi connectivity index (χ0v) is 19.6. The lowest BCUT2D eigenvalue weighted by molar-refractivity contribution is 0.450. The molecule has 0 amide bonds. The first-order valence-corrected chi connectivity index (χ1v) is 12.0. The Balaban J connectivity index is 1.95. The summed E-state index contributed by atoms with van der Waals surface area (Å²) < 4.78 is 4.36. The molecule has 0 N–H and O–H groups in total. The summed E-state index contributed by atoms with van der Waals surface area (Å²) >= 11 is 0. The molecule has 0 radical (unpaired) electrons.